The minimum Gasteiger partial charge on any atom is -0.481 e. The molecule has 1 amide bonds. The Hall–Kier alpha value is -3.27. The van der Waals surface area contributed by atoms with Crippen molar-refractivity contribution in [3.05, 3.63) is 47.7 Å². The fraction of sp³-hybridized carbons (Fsp3) is 0.455. The van der Waals surface area contributed by atoms with Crippen LogP contribution in [0.5, 0.6) is 5.88 Å². The molecule has 2 N–H and O–H groups in total. The van der Waals surface area contributed by atoms with Gasteiger partial charge in [-0.1, -0.05) is 0 Å². The van der Waals surface area contributed by atoms with Crippen LogP contribution in [0.4, 0.5) is 10.2 Å². The molecule has 4 heterocycles. The average Bonchev–Trinajstić information content (AvgIpc) is 3.52. The number of carbonyl (C=O) groups excluding carboxylic acids is 1. The zero-order valence-corrected chi connectivity index (χ0v) is 17.7. The number of nitrogens with zero attached hydrogens (tertiary/aromatic N) is 5. The fourth-order valence-corrected chi connectivity index (χ4v) is 4.75. The second kappa shape index (κ2) is 8.34. The van der Waals surface area contributed by atoms with Gasteiger partial charge in [0.05, 0.1) is 31.6 Å². The van der Waals surface area contributed by atoms with Crippen molar-refractivity contribution < 1.29 is 19.0 Å². The maximum absolute atomic E-state index is 13.9. The molecule has 3 aromatic heterocycles. The van der Waals surface area contributed by atoms with Gasteiger partial charge in [-0.3, -0.25) is 4.79 Å². The van der Waals surface area contributed by atoms with Crippen LogP contribution in [-0.4, -0.2) is 56.4 Å². The minimum atomic E-state index is -0.414. The molecule has 32 heavy (non-hydrogen) atoms. The van der Waals surface area contributed by atoms with Gasteiger partial charge in [0, 0.05) is 24.3 Å². The van der Waals surface area contributed by atoms with Gasteiger partial charge in [0.15, 0.2) is 5.65 Å². The predicted octanol–water partition coefficient (Wildman–Crippen LogP) is 2.26. The van der Waals surface area contributed by atoms with E-state index in [0.29, 0.717) is 41.3 Å². The van der Waals surface area contributed by atoms with Gasteiger partial charge in [-0.25, -0.2) is 18.9 Å². The number of carbonyl (C=O) groups is 1. The smallest absolute Gasteiger partial charge is 0.256 e. The molecule has 1 aliphatic carbocycles. The number of halogens is 1. The summed E-state index contributed by atoms with van der Waals surface area (Å²) in [6.07, 6.45) is 7.78. The fourth-order valence-electron chi connectivity index (χ4n) is 4.75. The van der Waals surface area contributed by atoms with E-state index in [2.05, 4.69) is 20.3 Å². The van der Waals surface area contributed by atoms with E-state index in [-0.39, 0.29) is 24.1 Å². The highest BCUT2D eigenvalue weighted by Crippen LogP contribution is 2.38. The first-order chi connectivity index (χ1) is 15.5. The Morgan fingerprint density at radius 2 is 2.19 bits per heavy atom. The lowest BCUT2D eigenvalue weighted by atomic mass is 10.1. The summed E-state index contributed by atoms with van der Waals surface area (Å²) in [4.78, 5) is 23.8. The zero-order valence-electron chi connectivity index (χ0n) is 17.7. The van der Waals surface area contributed by atoms with Crippen molar-refractivity contribution in [2.24, 2.45) is 0 Å². The first kappa shape index (κ1) is 20.6. The zero-order chi connectivity index (χ0) is 22.2. The van der Waals surface area contributed by atoms with Crippen molar-refractivity contribution in [2.75, 3.05) is 18.6 Å². The van der Waals surface area contributed by atoms with Gasteiger partial charge < -0.3 is 20.1 Å². The minimum absolute atomic E-state index is 0.0495. The molecule has 168 valence electrons. The van der Waals surface area contributed by atoms with E-state index in [0.717, 1.165) is 32.0 Å². The molecule has 10 heteroatoms. The van der Waals surface area contributed by atoms with Gasteiger partial charge in [-0.2, -0.15) is 5.10 Å². The van der Waals surface area contributed by atoms with Crippen molar-refractivity contribution in [3.63, 3.8) is 0 Å². The van der Waals surface area contributed by atoms with Crippen molar-refractivity contribution in [1.29, 1.82) is 0 Å². The van der Waals surface area contributed by atoms with Crippen LogP contribution in [-0.2, 0) is 0 Å². The van der Waals surface area contributed by atoms with Crippen molar-refractivity contribution >= 4 is 17.4 Å². The molecule has 1 saturated heterocycles. The lowest BCUT2D eigenvalue weighted by Crippen LogP contribution is -2.33. The number of hydrogen-bond donors (Lipinski definition) is 2. The molecule has 1 unspecified atom stereocenters. The molecule has 2 aliphatic rings. The quantitative estimate of drug-likeness (QED) is 0.627. The predicted molar refractivity (Wildman–Crippen MR) is 114 cm³/mol. The molecule has 0 spiro atoms. The van der Waals surface area contributed by atoms with Crippen LogP contribution in [0.25, 0.3) is 5.65 Å². The molecule has 3 atom stereocenters. The number of aliphatic hydroxyl groups excluding tert-OH is 1. The summed E-state index contributed by atoms with van der Waals surface area (Å²) in [6.45, 7) is 0.739. The molecule has 0 radical (unpaired) electrons. The number of rotatable bonds is 5. The number of ether oxygens (including phenoxy) is 1. The van der Waals surface area contributed by atoms with E-state index in [1.807, 2.05) is 6.07 Å². The summed E-state index contributed by atoms with van der Waals surface area (Å²) in [7, 11) is 1.52. The van der Waals surface area contributed by atoms with Gasteiger partial charge in [0.1, 0.15) is 17.2 Å². The Morgan fingerprint density at radius 1 is 1.31 bits per heavy atom. The third-order valence-electron chi connectivity index (χ3n) is 6.28. The average molecular weight is 440 g/mol. The molecule has 2 fully saturated rings. The number of aromatic nitrogens is 4. The van der Waals surface area contributed by atoms with E-state index in [1.165, 1.54) is 19.4 Å². The Balaban J connectivity index is 1.45. The van der Waals surface area contributed by atoms with Crippen molar-refractivity contribution in [1.82, 2.24) is 24.9 Å². The number of fused-ring (bicyclic) bond motifs is 1. The highest BCUT2D eigenvalue weighted by atomic mass is 19.1. The second-order valence-corrected chi connectivity index (χ2v) is 8.35. The van der Waals surface area contributed by atoms with Crippen LogP contribution in [0.15, 0.2) is 30.7 Å². The van der Waals surface area contributed by atoms with E-state index in [1.54, 1.807) is 10.7 Å². The van der Waals surface area contributed by atoms with Crippen LogP contribution in [0.3, 0.4) is 0 Å². The standard InChI is InChI=1S/C22H25FN6O3/c1-32-22-16(9-13(23)11-24-22)18-3-2-7-28(18)19-6-8-29-20(27-19)17(12-25-29)21(31)26-14-4-5-15(30)10-14/h6,8-9,11-12,14-15,18,30H,2-5,7,10H2,1H3,(H,26,31)/t14-,15-,18?/m0/s1. The Morgan fingerprint density at radius 3 is 2.97 bits per heavy atom. The topological polar surface area (TPSA) is 105 Å². The molecule has 5 rings (SSSR count). The monoisotopic (exact) mass is 440 g/mol. The molecule has 0 aromatic carbocycles. The SMILES string of the molecule is COc1ncc(F)cc1C1CCCN1c1ccn2ncc(C(=O)N[C@H]3CC[C@H](O)C3)c2n1. The van der Waals surface area contributed by atoms with E-state index in [9.17, 15) is 14.3 Å². The normalized spacial score (nSPS) is 23.1. The maximum Gasteiger partial charge on any atom is 0.256 e. The van der Waals surface area contributed by atoms with Crippen molar-refractivity contribution in [2.45, 2.75) is 50.3 Å². The molecule has 1 aliphatic heterocycles. The second-order valence-electron chi connectivity index (χ2n) is 8.35. The number of anilines is 1. The molecular weight excluding hydrogens is 415 g/mol. The van der Waals surface area contributed by atoms with E-state index < -0.39 is 5.82 Å². The summed E-state index contributed by atoms with van der Waals surface area (Å²) < 4.78 is 20.9. The molecule has 3 aromatic rings. The lowest BCUT2D eigenvalue weighted by Gasteiger charge is -2.27. The van der Waals surface area contributed by atoms with Crippen LogP contribution in [0.1, 0.15) is 54.1 Å². The molecular formula is C22H25FN6O3. The summed E-state index contributed by atoms with van der Waals surface area (Å²) in [5.74, 6) is 0.408. The summed E-state index contributed by atoms with van der Waals surface area (Å²) >= 11 is 0. The van der Waals surface area contributed by atoms with Gasteiger partial charge >= 0.3 is 0 Å². The largest absolute Gasteiger partial charge is 0.481 e. The maximum atomic E-state index is 13.9. The van der Waals surface area contributed by atoms with Gasteiger partial charge in [-0.05, 0) is 44.2 Å². The number of hydrogen-bond acceptors (Lipinski definition) is 7. The first-order valence-corrected chi connectivity index (χ1v) is 10.8. The molecule has 1 saturated carbocycles. The van der Waals surface area contributed by atoms with Gasteiger partial charge in [0.2, 0.25) is 5.88 Å². The number of methoxy groups -OCH3 is 1. The van der Waals surface area contributed by atoms with Crippen LogP contribution in [0, 0.1) is 5.82 Å². The molecule has 9 nitrogen and oxygen atoms in total. The van der Waals surface area contributed by atoms with E-state index in [4.69, 9.17) is 9.72 Å². The Bertz CT molecular complexity index is 1150. The molecule has 0 bridgehead atoms. The summed E-state index contributed by atoms with van der Waals surface area (Å²) in [5, 5.41) is 17.0. The summed E-state index contributed by atoms with van der Waals surface area (Å²) in [5.41, 5.74) is 1.51. The third kappa shape index (κ3) is 3.75. The van der Waals surface area contributed by atoms with Crippen LogP contribution >= 0.6 is 0 Å². The Labute approximate surface area is 184 Å². The van der Waals surface area contributed by atoms with Crippen LogP contribution < -0.4 is 15.0 Å². The third-order valence-corrected chi connectivity index (χ3v) is 6.28. The van der Waals surface area contributed by atoms with Crippen molar-refractivity contribution in [3.8, 4) is 5.88 Å². The number of pyridine rings is 1. The number of amides is 1. The first-order valence-electron chi connectivity index (χ1n) is 10.8. The number of nitrogens with one attached hydrogen (secondary N) is 1. The summed E-state index contributed by atoms with van der Waals surface area (Å²) in [6, 6.07) is 3.11. The van der Waals surface area contributed by atoms with Gasteiger partial charge in [-0.15, -0.1) is 0 Å². The van der Waals surface area contributed by atoms with E-state index >= 15 is 0 Å². The van der Waals surface area contributed by atoms with Crippen LogP contribution in [0.2, 0.25) is 0 Å². The highest BCUT2D eigenvalue weighted by Gasteiger charge is 2.31. The number of aliphatic hydroxyl groups is 1. The Kier molecular flexibility index (Phi) is 5.38. The lowest BCUT2D eigenvalue weighted by molar-refractivity contribution is 0.0935. The highest BCUT2D eigenvalue weighted by molar-refractivity contribution is 6.00. The van der Waals surface area contributed by atoms with Gasteiger partial charge in [0.25, 0.3) is 5.91 Å².